The van der Waals surface area contributed by atoms with Crippen LogP contribution >= 0.6 is 0 Å². The van der Waals surface area contributed by atoms with E-state index in [2.05, 4.69) is 46.9 Å². The van der Waals surface area contributed by atoms with Gasteiger partial charge in [0.25, 0.3) is 0 Å². The van der Waals surface area contributed by atoms with E-state index in [1.807, 2.05) is 0 Å². The first-order valence-corrected chi connectivity index (χ1v) is 6.29. The van der Waals surface area contributed by atoms with Gasteiger partial charge in [0.15, 0.2) is 0 Å². The summed E-state index contributed by atoms with van der Waals surface area (Å²) in [7, 11) is 0. The fourth-order valence-corrected chi connectivity index (χ4v) is 1.78. The summed E-state index contributed by atoms with van der Waals surface area (Å²) >= 11 is 0. The van der Waals surface area contributed by atoms with Crippen molar-refractivity contribution in [3.05, 3.63) is 0 Å². The monoisotopic (exact) mass is 214 g/mol. The maximum Gasteiger partial charge on any atom is 0.0156 e. The van der Waals surface area contributed by atoms with Gasteiger partial charge in [-0.15, -0.1) is 0 Å². The van der Waals surface area contributed by atoms with Crippen LogP contribution in [0.2, 0.25) is 0 Å². The Morgan fingerprint density at radius 3 is 2.00 bits per heavy atom. The first-order chi connectivity index (χ1) is 6.74. The van der Waals surface area contributed by atoms with Crippen molar-refractivity contribution in [1.82, 2.24) is 5.32 Å². The molecule has 2 nitrogen and oxygen atoms in total. The van der Waals surface area contributed by atoms with E-state index < -0.39 is 0 Å². The van der Waals surface area contributed by atoms with Crippen LogP contribution in [0.25, 0.3) is 0 Å². The highest BCUT2D eigenvalue weighted by molar-refractivity contribution is 4.90. The molecule has 0 radical (unpaired) electrons. The molecule has 0 fully saturated rings. The Morgan fingerprint density at radius 2 is 1.67 bits per heavy atom. The average Bonchev–Trinajstić information content (AvgIpc) is 2.14. The number of rotatable bonds is 7. The minimum Gasteiger partial charge on any atom is -0.328 e. The predicted octanol–water partition coefficient (Wildman–Crippen LogP) is 3.06. The third kappa shape index (κ3) is 6.16. The van der Waals surface area contributed by atoms with Crippen LogP contribution in [0.1, 0.15) is 67.2 Å². The van der Waals surface area contributed by atoms with Crippen molar-refractivity contribution >= 4 is 0 Å². The van der Waals surface area contributed by atoms with Crippen LogP contribution in [-0.4, -0.2) is 17.1 Å². The summed E-state index contributed by atoms with van der Waals surface area (Å²) in [6.07, 6.45) is 4.56. The summed E-state index contributed by atoms with van der Waals surface area (Å²) < 4.78 is 0. The van der Waals surface area contributed by atoms with Crippen LogP contribution in [0.3, 0.4) is 0 Å². The van der Waals surface area contributed by atoms with Crippen molar-refractivity contribution in [2.45, 2.75) is 84.3 Å². The van der Waals surface area contributed by atoms with Crippen LogP contribution in [-0.2, 0) is 0 Å². The van der Waals surface area contributed by atoms with E-state index in [-0.39, 0.29) is 11.1 Å². The van der Waals surface area contributed by atoms with E-state index in [1.54, 1.807) is 0 Å². The molecule has 0 aromatic carbocycles. The fourth-order valence-electron chi connectivity index (χ4n) is 1.78. The Hall–Kier alpha value is -0.0800. The molecular formula is C13H30N2. The zero-order valence-electron chi connectivity index (χ0n) is 11.5. The Morgan fingerprint density at radius 1 is 1.13 bits per heavy atom. The van der Waals surface area contributed by atoms with Crippen molar-refractivity contribution in [3.8, 4) is 0 Å². The molecule has 0 amide bonds. The molecule has 0 aliphatic heterocycles. The van der Waals surface area contributed by atoms with Crippen LogP contribution in [0.4, 0.5) is 0 Å². The molecule has 0 saturated heterocycles. The first-order valence-electron chi connectivity index (χ1n) is 6.29. The molecule has 2 heteroatoms. The van der Waals surface area contributed by atoms with Gasteiger partial charge in [-0.1, -0.05) is 13.8 Å². The van der Waals surface area contributed by atoms with Gasteiger partial charge in [-0.2, -0.15) is 0 Å². The summed E-state index contributed by atoms with van der Waals surface area (Å²) in [5.74, 6) is 0. The maximum absolute atomic E-state index is 5.82. The maximum atomic E-state index is 5.82. The van der Waals surface area contributed by atoms with E-state index in [4.69, 9.17) is 5.73 Å². The standard InChI is InChI=1S/C13H30N2/c1-7-12(4,5)15-13(6,8-2)10-9-11(3)14/h11,15H,7-10,14H2,1-6H3. The molecule has 15 heavy (non-hydrogen) atoms. The molecule has 0 aromatic rings. The molecule has 2 unspecified atom stereocenters. The number of nitrogens with two attached hydrogens (primary N) is 1. The minimum absolute atomic E-state index is 0.225. The second-order valence-electron chi connectivity index (χ2n) is 5.79. The smallest absolute Gasteiger partial charge is 0.0156 e. The Kier molecular flexibility index (Phi) is 5.82. The van der Waals surface area contributed by atoms with E-state index in [0.29, 0.717) is 6.04 Å². The van der Waals surface area contributed by atoms with Gasteiger partial charge in [0, 0.05) is 17.1 Å². The minimum atomic E-state index is 0.225. The first kappa shape index (κ1) is 14.9. The van der Waals surface area contributed by atoms with Gasteiger partial charge in [0.1, 0.15) is 0 Å². The summed E-state index contributed by atoms with van der Waals surface area (Å²) in [6, 6.07) is 0.308. The molecule has 0 spiro atoms. The summed E-state index contributed by atoms with van der Waals surface area (Å²) in [6.45, 7) is 13.4. The molecule has 0 bridgehead atoms. The molecule has 2 atom stereocenters. The van der Waals surface area contributed by atoms with Crippen molar-refractivity contribution in [1.29, 1.82) is 0 Å². The van der Waals surface area contributed by atoms with Gasteiger partial charge < -0.3 is 11.1 Å². The van der Waals surface area contributed by atoms with E-state index >= 15 is 0 Å². The lowest BCUT2D eigenvalue weighted by Crippen LogP contribution is -2.53. The highest BCUT2D eigenvalue weighted by Crippen LogP contribution is 2.22. The third-order valence-electron chi connectivity index (χ3n) is 3.46. The summed E-state index contributed by atoms with van der Waals surface area (Å²) in [4.78, 5) is 0. The van der Waals surface area contributed by atoms with E-state index in [9.17, 15) is 0 Å². The van der Waals surface area contributed by atoms with E-state index in [0.717, 1.165) is 25.7 Å². The zero-order valence-corrected chi connectivity index (χ0v) is 11.5. The van der Waals surface area contributed by atoms with Gasteiger partial charge in [-0.3, -0.25) is 0 Å². The topological polar surface area (TPSA) is 38.0 Å². The quantitative estimate of drug-likeness (QED) is 0.683. The molecule has 0 saturated carbocycles. The second-order valence-corrected chi connectivity index (χ2v) is 5.79. The Bertz CT molecular complexity index is 175. The average molecular weight is 214 g/mol. The van der Waals surface area contributed by atoms with Crippen molar-refractivity contribution in [3.63, 3.8) is 0 Å². The highest BCUT2D eigenvalue weighted by Gasteiger charge is 2.28. The molecular weight excluding hydrogens is 184 g/mol. The van der Waals surface area contributed by atoms with Crippen molar-refractivity contribution < 1.29 is 0 Å². The molecule has 0 aliphatic carbocycles. The molecule has 0 rings (SSSR count). The number of hydrogen-bond acceptors (Lipinski definition) is 2. The predicted molar refractivity (Wildman–Crippen MR) is 69.1 cm³/mol. The molecule has 0 heterocycles. The van der Waals surface area contributed by atoms with Crippen molar-refractivity contribution in [2.24, 2.45) is 5.73 Å². The third-order valence-corrected chi connectivity index (χ3v) is 3.46. The molecule has 0 aliphatic rings. The molecule has 92 valence electrons. The lowest BCUT2D eigenvalue weighted by molar-refractivity contribution is 0.215. The van der Waals surface area contributed by atoms with Gasteiger partial charge in [0.05, 0.1) is 0 Å². The number of nitrogens with one attached hydrogen (secondary N) is 1. The normalized spacial score (nSPS) is 18.6. The summed E-state index contributed by atoms with van der Waals surface area (Å²) in [5.41, 5.74) is 6.28. The molecule has 3 N–H and O–H groups in total. The SMILES string of the molecule is CCC(C)(C)NC(C)(CC)CCC(C)N. The second kappa shape index (κ2) is 5.86. The highest BCUT2D eigenvalue weighted by atomic mass is 15.0. The molecule has 0 aromatic heterocycles. The van der Waals surface area contributed by atoms with Gasteiger partial charge in [-0.05, 0) is 53.4 Å². The van der Waals surface area contributed by atoms with Crippen LogP contribution in [0.5, 0.6) is 0 Å². The van der Waals surface area contributed by atoms with Gasteiger partial charge in [-0.25, -0.2) is 0 Å². The van der Waals surface area contributed by atoms with E-state index in [1.165, 1.54) is 0 Å². The van der Waals surface area contributed by atoms with Gasteiger partial charge in [0.2, 0.25) is 0 Å². The lowest BCUT2D eigenvalue weighted by Gasteiger charge is -2.39. The van der Waals surface area contributed by atoms with Gasteiger partial charge >= 0.3 is 0 Å². The lowest BCUT2D eigenvalue weighted by atomic mass is 9.87. The van der Waals surface area contributed by atoms with Crippen LogP contribution < -0.4 is 11.1 Å². The number of hydrogen-bond donors (Lipinski definition) is 2. The fraction of sp³-hybridized carbons (Fsp3) is 1.00. The Labute approximate surface area is 96.0 Å². The largest absolute Gasteiger partial charge is 0.328 e. The van der Waals surface area contributed by atoms with Crippen LogP contribution in [0.15, 0.2) is 0 Å². The Balaban J connectivity index is 4.30. The summed E-state index contributed by atoms with van der Waals surface area (Å²) in [5, 5.41) is 3.77. The van der Waals surface area contributed by atoms with Crippen LogP contribution in [0, 0.1) is 0 Å². The van der Waals surface area contributed by atoms with Crippen molar-refractivity contribution in [2.75, 3.05) is 0 Å². The zero-order chi connectivity index (χ0) is 12.1.